The van der Waals surface area contributed by atoms with E-state index in [4.69, 9.17) is 16.3 Å². The summed E-state index contributed by atoms with van der Waals surface area (Å²) in [5.74, 6) is 0.798. The first-order valence-corrected chi connectivity index (χ1v) is 4.59. The van der Waals surface area contributed by atoms with Gasteiger partial charge in [-0.3, -0.25) is 0 Å². The summed E-state index contributed by atoms with van der Waals surface area (Å²) in [6.07, 6.45) is 3.78. The van der Waals surface area contributed by atoms with Gasteiger partial charge >= 0.3 is 0 Å². The van der Waals surface area contributed by atoms with Crippen molar-refractivity contribution in [2.75, 3.05) is 7.11 Å². The van der Waals surface area contributed by atoms with Gasteiger partial charge in [-0.2, -0.15) is 0 Å². The summed E-state index contributed by atoms with van der Waals surface area (Å²) in [5, 5.41) is 0.765. The molecule has 0 unspecified atom stereocenters. The van der Waals surface area contributed by atoms with Crippen molar-refractivity contribution in [1.29, 1.82) is 0 Å². The highest BCUT2D eigenvalue weighted by Crippen LogP contribution is 2.23. The largest absolute Gasteiger partial charge is 0.497 e. The van der Waals surface area contributed by atoms with Crippen LogP contribution in [0.5, 0.6) is 5.75 Å². The van der Waals surface area contributed by atoms with Crippen LogP contribution in [0.1, 0.15) is 12.0 Å². The lowest BCUT2D eigenvalue weighted by atomic mass is 10.1. The fourth-order valence-corrected chi connectivity index (χ4v) is 1.38. The Morgan fingerprint density at radius 2 is 2.31 bits per heavy atom. The molecule has 0 aliphatic heterocycles. The molecule has 1 nitrogen and oxygen atoms in total. The van der Waals surface area contributed by atoms with Crippen molar-refractivity contribution in [3.05, 3.63) is 41.4 Å². The molecule has 1 aromatic carbocycles. The molecule has 1 aromatic rings. The molecule has 1 rings (SSSR count). The number of benzene rings is 1. The lowest BCUT2D eigenvalue weighted by Crippen LogP contribution is -1.87. The third kappa shape index (κ3) is 2.78. The minimum atomic E-state index is 0.765. The number of halogens is 1. The molecular formula is C11H13ClO. The molecule has 0 saturated heterocycles. The molecule has 0 heterocycles. The van der Waals surface area contributed by atoms with Gasteiger partial charge in [0.25, 0.3) is 0 Å². The summed E-state index contributed by atoms with van der Waals surface area (Å²) in [6, 6.07) is 5.74. The van der Waals surface area contributed by atoms with Crippen LogP contribution in [0.25, 0.3) is 0 Å². The molecule has 0 aromatic heterocycles. The van der Waals surface area contributed by atoms with Crippen molar-refractivity contribution < 1.29 is 4.74 Å². The molecule has 0 spiro atoms. The van der Waals surface area contributed by atoms with Crippen LogP contribution in [0.4, 0.5) is 0 Å². The van der Waals surface area contributed by atoms with Gasteiger partial charge in [0.2, 0.25) is 0 Å². The zero-order valence-corrected chi connectivity index (χ0v) is 8.47. The van der Waals surface area contributed by atoms with Crippen molar-refractivity contribution >= 4 is 11.6 Å². The molecule has 2 heteroatoms. The Morgan fingerprint density at radius 3 is 2.85 bits per heavy atom. The van der Waals surface area contributed by atoms with Crippen molar-refractivity contribution in [2.45, 2.75) is 12.8 Å². The van der Waals surface area contributed by atoms with E-state index in [2.05, 4.69) is 6.58 Å². The molecule has 0 aliphatic rings. The van der Waals surface area contributed by atoms with E-state index in [9.17, 15) is 0 Å². The van der Waals surface area contributed by atoms with Crippen LogP contribution in [0.15, 0.2) is 30.9 Å². The molecule has 0 atom stereocenters. The minimum Gasteiger partial charge on any atom is -0.497 e. The van der Waals surface area contributed by atoms with Crippen LogP contribution < -0.4 is 4.74 Å². The standard InChI is InChI=1S/C11H13ClO/c1-3-4-5-9-6-7-10(13-2)8-11(9)12/h3,6-8H,1,4-5H2,2H3. The van der Waals surface area contributed by atoms with Gasteiger partial charge in [0.15, 0.2) is 0 Å². The molecule has 0 radical (unpaired) electrons. The summed E-state index contributed by atoms with van der Waals surface area (Å²) < 4.78 is 5.05. The average Bonchev–Trinajstić information content (AvgIpc) is 2.16. The van der Waals surface area contributed by atoms with Crippen LogP contribution in [0.2, 0.25) is 5.02 Å². The first kappa shape index (κ1) is 10.1. The van der Waals surface area contributed by atoms with Crippen molar-refractivity contribution in [1.82, 2.24) is 0 Å². The number of aryl methyl sites for hydroxylation is 1. The van der Waals surface area contributed by atoms with Gasteiger partial charge in [-0.25, -0.2) is 0 Å². The highest BCUT2D eigenvalue weighted by atomic mass is 35.5. The molecule has 70 valence electrons. The van der Waals surface area contributed by atoms with E-state index in [-0.39, 0.29) is 0 Å². The predicted octanol–water partition coefficient (Wildman–Crippen LogP) is 3.47. The van der Waals surface area contributed by atoms with E-state index in [1.165, 1.54) is 0 Å². The smallest absolute Gasteiger partial charge is 0.120 e. The zero-order valence-electron chi connectivity index (χ0n) is 7.72. The lowest BCUT2D eigenvalue weighted by Gasteiger charge is -2.04. The Bertz CT molecular complexity index is 294. The first-order valence-electron chi connectivity index (χ1n) is 4.21. The quantitative estimate of drug-likeness (QED) is 0.671. The SMILES string of the molecule is C=CCCc1ccc(OC)cc1Cl. The average molecular weight is 197 g/mol. The Kier molecular flexibility index (Phi) is 3.84. The molecular weight excluding hydrogens is 184 g/mol. The van der Waals surface area contributed by atoms with Gasteiger partial charge < -0.3 is 4.74 Å². The van der Waals surface area contributed by atoms with Crippen molar-refractivity contribution in [3.63, 3.8) is 0 Å². The number of rotatable bonds is 4. The molecule has 0 aliphatic carbocycles. The van der Waals surface area contributed by atoms with E-state index >= 15 is 0 Å². The third-order valence-electron chi connectivity index (χ3n) is 1.88. The van der Waals surface area contributed by atoms with Crippen molar-refractivity contribution in [2.24, 2.45) is 0 Å². The molecule has 0 bridgehead atoms. The molecule has 0 N–H and O–H groups in total. The second-order valence-corrected chi connectivity index (χ2v) is 3.19. The van der Waals surface area contributed by atoms with E-state index in [0.29, 0.717) is 0 Å². The van der Waals surface area contributed by atoms with Crippen molar-refractivity contribution in [3.8, 4) is 5.75 Å². The molecule has 0 amide bonds. The number of ether oxygens (including phenoxy) is 1. The topological polar surface area (TPSA) is 9.23 Å². The monoisotopic (exact) mass is 196 g/mol. The lowest BCUT2D eigenvalue weighted by molar-refractivity contribution is 0.414. The second kappa shape index (κ2) is 4.93. The molecule has 0 fully saturated rings. The first-order chi connectivity index (χ1) is 6.27. The number of allylic oxidation sites excluding steroid dienone is 1. The van der Waals surface area contributed by atoms with Gasteiger partial charge in [0, 0.05) is 5.02 Å². The van der Waals surface area contributed by atoms with Gasteiger partial charge in [0.05, 0.1) is 7.11 Å². The van der Waals surface area contributed by atoms with E-state index < -0.39 is 0 Å². The minimum absolute atomic E-state index is 0.765. The van der Waals surface area contributed by atoms with Gasteiger partial charge in [-0.15, -0.1) is 6.58 Å². The summed E-state index contributed by atoms with van der Waals surface area (Å²) >= 11 is 6.03. The Morgan fingerprint density at radius 1 is 1.54 bits per heavy atom. The third-order valence-corrected chi connectivity index (χ3v) is 2.23. The summed E-state index contributed by atoms with van der Waals surface area (Å²) in [4.78, 5) is 0. The Labute approximate surface area is 84.0 Å². The second-order valence-electron chi connectivity index (χ2n) is 2.78. The summed E-state index contributed by atoms with van der Waals surface area (Å²) in [5.41, 5.74) is 1.14. The van der Waals surface area contributed by atoms with Crippen LogP contribution in [-0.2, 0) is 6.42 Å². The van der Waals surface area contributed by atoms with Gasteiger partial charge in [-0.05, 0) is 30.5 Å². The van der Waals surface area contributed by atoms with Crippen LogP contribution in [-0.4, -0.2) is 7.11 Å². The number of hydrogen-bond acceptors (Lipinski definition) is 1. The maximum absolute atomic E-state index is 6.03. The number of methoxy groups -OCH3 is 1. The summed E-state index contributed by atoms with van der Waals surface area (Å²) in [7, 11) is 1.63. The molecule has 0 saturated carbocycles. The maximum atomic E-state index is 6.03. The van der Waals surface area contributed by atoms with Crippen LogP contribution >= 0.6 is 11.6 Å². The predicted molar refractivity (Wildman–Crippen MR) is 56.5 cm³/mol. The van der Waals surface area contributed by atoms with E-state index in [0.717, 1.165) is 29.2 Å². The Hall–Kier alpha value is -0.950. The highest BCUT2D eigenvalue weighted by Gasteiger charge is 2.00. The Balaban J connectivity index is 2.78. The fourth-order valence-electron chi connectivity index (χ4n) is 1.12. The van der Waals surface area contributed by atoms with Gasteiger partial charge in [0.1, 0.15) is 5.75 Å². The van der Waals surface area contributed by atoms with E-state index in [1.54, 1.807) is 7.11 Å². The van der Waals surface area contributed by atoms with E-state index in [1.807, 2.05) is 24.3 Å². The highest BCUT2D eigenvalue weighted by molar-refractivity contribution is 6.31. The van der Waals surface area contributed by atoms with Crippen LogP contribution in [0.3, 0.4) is 0 Å². The zero-order chi connectivity index (χ0) is 9.68. The van der Waals surface area contributed by atoms with Crippen LogP contribution in [0, 0.1) is 0 Å². The fraction of sp³-hybridized carbons (Fsp3) is 0.273. The maximum Gasteiger partial charge on any atom is 0.120 e. The van der Waals surface area contributed by atoms with Gasteiger partial charge in [-0.1, -0.05) is 23.7 Å². The summed E-state index contributed by atoms with van der Waals surface area (Å²) in [6.45, 7) is 3.67. The molecule has 13 heavy (non-hydrogen) atoms. The normalized spacial score (nSPS) is 9.69. The number of hydrogen-bond donors (Lipinski definition) is 0.